The van der Waals surface area contributed by atoms with Gasteiger partial charge in [-0.15, -0.1) is 0 Å². The molecule has 2 heterocycles. The number of fused-ring (bicyclic) bond motifs is 1. The van der Waals surface area contributed by atoms with Gasteiger partial charge in [0.25, 0.3) is 5.69 Å². The first kappa shape index (κ1) is 27.3. The number of aliphatic hydroxyl groups is 1. The van der Waals surface area contributed by atoms with Gasteiger partial charge in [0.1, 0.15) is 12.4 Å². The second-order valence-electron chi connectivity index (χ2n) is 9.78. The summed E-state index contributed by atoms with van der Waals surface area (Å²) in [7, 11) is -3.80. The van der Waals surface area contributed by atoms with Crippen LogP contribution in [-0.2, 0) is 30.0 Å². The highest BCUT2D eigenvalue weighted by atomic mass is 31.2. The molecular weight excluding hydrogens is 535 g/mol. The number of amides is 1. The maximum atomic E-state index is 14.7. The summed E-state index contributed by atoms with van der Waals surface area (Å²) in [5.41, 5.74) is 0.239. The molecule has 0 saturated carbocycles. The fraction of sp³-hybridized carbons (Fsp3) is 0.241. The number of non-ortho nitro benzene ring substituents is 1. The molecule has 1 N–H and O–H groups in total. The van der Waals surface area contributed by atoms with Crippen molar-refractivity contribution in [2.75, 3.05) is 0 Å². The third kappa shape index (κ3) is 4.69. The van der Waals surface area contributed by atoms with E-state index in [4.69, 9.17) is 9.26 Å². The summed E-state index contributed by atoms with van der Waals surface area (Å²) in [6.45, 7) is 3.05. The zero-order valence-electron chi connectivity index (χ0n) is 21.7. The second-order valence-corrected chi connectivity index (χ2v) is 12.1. The van der Waals surface area contributed by atoms with Crippen LogP contribution in [0.15, 0.2) is 96.4 Å². The Hall–Kier alpha value is -4.27. The van der Waals surface area contributed by atoms with Crippen LogP contribution in [0.25, 0.3) is 0 Å². The van der Waals surface area contributed by atoms with E-state index >= 15 is 0 Å². The molecule has 10 nitrogen and oxygen atoms in total. The predicted molar refractivity (Wildman–Crippen MR) is 146 cm³/mol. The summed E-state index contributed by atoms with van der Waals surface area (Å²) in [6, 6.07) is 22.2. The van der Waals surface area contributed by atoms with Gasteiger partial charge in [0.2, 0.25) is 5.91 Å². The van der Waals surface area contributed by atoms with E-state index in [0.29, 0.717) is 16.2 Å². The number of nitro groups is 1. The summed E-state index contributed by atoms with van der Waals surface area (Å²) in [5, 5.41) is 22.1. The third-order valence-electron chi connectivity index (χ3n) is 7.24. The minimum Gasteiger partial charge on any atom is -0.456 e. The molecule has 206 valence electrons. The molecule has 3 aromatic carbocycles. The quantitative estimate of drug-likeness (QED) is 0.137. The molecule has 2 aliphatic heterocycles. The first-order valence-corrected chi connectivity index (χ1v) is 14.3. The molecule has 0 bridgehead atoms. The van der Waals surface area contributed by atoms with Gasteiger partial charge in [0, 0.05) is 18.1 Å². The van der Waals surface area contributed by atoms with Crippen molar-refractivity contribution in [2.24, 2.45) is 11.8 Å². The average Bonchev–Trinajstić information content (AvgIpc) is 3.20. The minimum atomic E-state index is -3.80. The van der Waals surface area contributed by atoms with E-state index in [9.17, 15) is 29.4 Å². The van der Waals surface area contributed by atoms with Crippen LogP contribution in [0, 0.1) is 22.0 Å². The number of β-lactam (4-membered cyclic amide) rings is 1. The first-order valence-electron chi connectivity index (χ1n) is 12.7. The Morgan fingerprint density at radius 1 is 1.02 bits per heavy atom. The van der Waals surface area contributed by atoms with Crippen LogP contribution < -0.4 is 10.6 Å². The fourth-order valence-electron chi connectivity index (χ4n) is 5.21. The molecule has 0 spiro atoms. The van der Waals surface area contributed by atoms with Crippen LogP contribution in [0.4, 0.5) is 5.69 Å². The molecule has 40 heavy (non-hydrogen) atoms. The number of hydrogen-bond donors (Lipinski definition) is 1. The number of nitrogens with zero attached hydrogens (tertiary/aromatic N) is 2. The van der Waals surface area contributed by atoms with Gasteiger partial charge in [-0.05, 0) is 48.9 Å². The Labute approximate surface area is 230 Å². The lowest BCUT2D eigenvalue weighted by Crippen LogP contribution is -2.63. The zero-order valence-corrected chi connectivity index (χ0v) is 22.6. The molecule has 0 radical (unpaired) electrons. The highest BCUT2D eigenvalue weighted by Gasteiger charge is 2.61. The van der Waals surface area contributed by atoms with Crippen LogP contribution >= 0.6 is 7.37 Å². The molecular formula is C29H27N2O8P. The molecule has 11 heteroatoms. The van der Waals surface area contributed by atoms with Crippen LogP contribution in [0.5, 0.6) is 0 Å². The molecule has 2 aliphatic rings. The number of hydrogen-bond acceptors (Lipinski definition) is 8. The number of benzene rings is 3. The first-order chi connectivity index (χ1) is 19.1. The Kier molecular flexibility index (Phi) is 7.31. The third-order valence-corrected chi connectivity index (χ3v) is 9.65. The lowest BCUT2D eigenvalue weighted by Gasteiger charge is -2.46. The summed E-state index contributed by atoms with van der Waals surface area (Å²) in [5.74, 6) is -2.61. The highest BCUT2D eigenvalue weighted by molar-refractivity contribution is 7.74. The van der Waals surface area contributed by atoms with E-state index in [1.807, 2.05) is 0 Å². The Bertz CT molecular complexity index is 1480. The van der Waals surface area contributed by atoms with Gasteiger partial charge in [-0.1, -0.05) is 43.3 Å². The van der Waals surface area contributed by atoms with E-state index in [-0.39, 0.29) is 23.8 Å². The van der Waals surface area contributed by atoms with Crippen molar-refractivity contribution >= 4 is 35.5 Å². The maximum absolute atomic E-state index is 14.7. The molecule has 0 aliphatic carbocycles. The Morgan fingerprint density at radius 3 is 2.08 bits per heavy atom. The number of rotatable bonds is 9. The number of esters is 1. The molecule has 1 fully saturated rings. The van der Waals surface area contributed by atoms with Gasteiger partial charge in [0.15, 0.2) is 5.70 Å². The highest BCUT2D eigenvalue weighted by Crippen LogP contribution is 2.55. The standard InChI is InChI=1S/C29H27N2O8P/c1-18-25-24(19(2)32)28(33)30(25)26(29(34)38-17-20-13-15-21(16-14-20)31(35)36)27(18)39-40(37,22-9-5-3-6-10-22)23-11-7-4-8-12-23/h3-16,18-19,24-25,32H,17H2,1-2H3/t18-,19?,24+,25-/m1/s1. The van der Waals surface area contributed by atoms with Crippen LogP contribution in [0.2, 0.25) is 0 Å². The maximum Gasteiger partial charge on any atom is 0.358 e. The van der Waals surface area contributed by atoms with Crippen molar-refractivity contribution in [1.29, 1.82) is 0 Å². The topological polar surface area (TPSA) is 136 Å². The SMILES string of the molecule is CC(O)[C@@H]1C(=O)N2C(C(=O)OCc3ccc([N+](=O)[O-])cc3)=C(OP(=O)(c3ccccc3)c3ccccc3)[C@H](C)[C@H]12. The van der Waals surface area contributed by atoms with Crippen LogP contribution in [0.1, 0.15) is 19.4 Å². The van der Waals surface area contributed by atoms with Crippen molar-refractivity contribution < 1.29 is 33.4 Å². The lowest BCUT2D eigenvalue weighted by molar-refractivity contribution is -0.384. The van der Waals surface area contributed by atoms with Gasteiger partial charge in [-0.3, -0.25) is 24.4 Å². The van der Waals surface area contributed by atoms with E-state index in [1.165, 1.54) is 36.1 Å². The summed E-state index contributed by atoms with van der Waals surface area (Å²) in [6.07, 6.45) is -0.969. The molecule has 0 aromatic heterocycles. The van der Waals surface area contributed by atoms with E-state index < -0.39 is 48.2 Å². The molecule has 1 saturated heterocycles. The molecule has 4 atom stereocenters. The molecule has 1 unspecified atom stereocenters. The number of carbonyl (C=O) groups excluding carboxylic acids is 2. The Balaban J connectivity index is 1.53. The predicted octanol–water partition coefficient (Wildman–Crippen LogP) is 3.65. The summed E-state index contributed by atoms with van der Waals surface area (Å²) in [4.78, 5) is 38.3. The van der Waals surface area contributed by atoms with Gasteiger partial charge < -0.3 is 14.4 Å². The van der Waals surface area contributed by atoms with Gasteiger partial charge in [0.05, 0.1) is 33.6 Å². The molecule has 5 rings (SSSR count). The number of ether oxygens (including phenoxy) is 1. The number of carbonyl (C=O) groups is 2. The van der Waals surface area contributed by atoms with Crippen molar-refractivity contribution in [2.45, 2.75) is 32.6 Å². The van der Waals surface area contributed by atoms with Gasteiger partial charge in [-0.25, -0.2) is 4.79 Å². The number of aliphatic hydroxyl groups excluding tert-OH is 1. The fourth-order valence-corrected chi connectivity index (χ4v) is 7.37. The van der Waals surface area contributed by atoms with Crippen LogP contribution in [0.3, 0.4) is 0 Å². The van der Waals surface area contributed by atoms with E-state index in [0.717, 1.165) is 0 Å². The van der Waals surface area contributed by atoms with Crippen LogP contribution in [-0.4, -0.2) is 39.0 Å². The van der Waals surface area contributed by atoms with Crippen molar-refractivity contribution in [3.8, 4) is 0 Å². The van der Waals surface area contributed by atoms with E-state index in [2.05, 4.69) is 0 Å². The second kappa shape index (κ2) is 10.7. The number of nitro benzene ring substituents is 1. The summed E-state index contributed by atoms with van der Waals surface area (Å²) >= 11 is 0. The zero-order chi connectivity index (χ0) is 28.6. The molecule has 3 aromatic rings. The van der Waals surface area contributed by atoms with Gasteiger partial charge in [-0.2, -0.15) is 0 Å². The van der Waals surface area contributed by atoms with E-state index in [1.54, 1.807) is 67.6 Å². The smallest absolute Gasteiger partial charge is 0.358 e. The average molecular weight is 563 g/mol. The largest absolute Gasteiger partial charge is 0.456 e. The normalized spacial score (nSPS) is 20.9. The van der Waals surface area contributed by atoms with Crippen molar-refractivity contribution in [1.82, 2.24) is 4.90 Å². The minimum absolute atomic E-state index is 0.0474. The monoisotopic (exact) mass is 562 g/mol. The molecule has 1 amide bonds. The summed E-state index contributed by atoms with van der Waals surface area (Å²) < 4.78 is 26.5. The van der Waals surface area contributed by atoms with Gasteiger partial charge >= 0.3 is 13.3 Å². The lowest BCUT2D eigenvalue weighted by atomic mass is 9.79. The van der Waals surface area contributed by atoms with Crippen molar-refractivity contribution in [3.05, 3.63) is 112 Å². The Morgan fingerprint density at radius 2 is 1.57 bits per heavy atom. The van der Waals surface area contributed by atoms with Crippen molar-refractivity contribution in [3.63, 3.8) is 0 Å².